The summed E-state index contributed by atoms with van der Waals surface area (Å²) in [6, 6.07) is 0. The van der Waals surface area contributed by atoms with Crippen LogP contribution in [0.15, 0.2) is 0 Å². The van der Waals surface area contributed by atoms with Crippen molar-refractivity contribution in [2.24, 2.45) is 0 Å². The molecule has 1 unspecified atom stereocenters. The molecule has 1 atom stereocenters. The molecule has 0 saturated carbocycles. The highest BCUT2D eigenvalue weighted by Gasteiger charge is 2.34. The minimum atomic E-state index is -2.53. The molecule has 0 bridgehead atoms. The van der Waals surface area contributed by atoms with Crippen molar-refractivity contribution in [3.8, 4) is 5.69 Å². The Morgan fingerprint density at radius 1 is 1.67 bits per heavy atom. The normalized spacial score (nSPS) is 14.6. The smallest absolute Gasteiger partial charge is 0.203 e. The van der Waals surface area contributed by atoms with Crippen LogP contribution < -0.4 is 0 Å². The van der Waals surface area contributed by atoms with Gasteiger partial charge in [-0.15, -0.1) is 22.2 Å². The van der Waals surface area contributed by atoms with Crippen LogP contribution >= 0.6 is 22.2 Å². The fraction of sp³-hybridized carbons (Fsp3) is 0.800. The van der Waals surface area contributed by atoms with Crippen molar-refractivity contribution in [2.45, 2.75) is 25.8 Å². The number of hydrogen-bond acceptors (Lipinski definition) is 1. The maximum Gasteiger partial charge on any atom is 0.359 e. The molecule has 52 valence electrons. The van der Waals surface area contributed by atoms with Crippen LogP contribution in [-0.4, -0.2) is 6.69 Å². The molecule has 0 radical (unpaired) electrons. The Balaban J connectivity index is 4.01. The topological polar surface area (TPSA) is 23.8 Å². The molecular weight excluding hydrogens is 173 g/mol. The Labute approximate surface area is 66.0 Å². The first-order valence-corrected chi connectivity index (χ1v) is 6.93. The zero-order valence-electron chi connectivity index (χ0n) is 5.49. The molecule has 0 aromatic heterocycles. The Bertz CT molecular complexity index is 129. The van der Waals surface area contributed by atoms with E-state index in [1.54, 1.807) is 0 Å². The van der Waals surface area contributed by atoms with Crippen molar-refractivity contribution in [3.63, 3.8) is 0 Å². The van der Waals surface area contributed by atoms with Crippen molar-refractivity contribution in [1.82, 2.24) is 0 Å². The Hall–Kier alpha value is 0.287. The van der Waals surface area contributed by atoms with E-state index >= 15 is 0 Å². The lowest BCUT2D eigenvalue weighted by Crippen LogP contribution is -2.22. The molecule has 1 nitrogen and oxygen atoms in total. The second-order valence-electron chi connectivity index (χ2n) is 2.04. The lowest BCUT2D eigenvalue weighted by Gasteiger charge is -2.13. The lowest BCUT2D eigenvalue weighted by molar-refractivity contribution is 0.866. The zero-order valence-corrected chi connectivity index (χ0v) is 8.00. The molecular formula is C5H9Cl2NSi. The van der Waals surface area contributed by atoms with E-state index < -0.39 is 6.69 Å². The van der Waals surface area contributed by atoms with Gasteiger partial charge >= 0.3 is 6.69 Å². The van der Waals surface area contributed by atoms with Gasteiger partial charge in [-0.25, -0.2) is 5.26 Å². The summed E-state index contributed by atoms with van der Waals surface area (Å²) in [6.45, 7) is 1.36. The van der Waals surface area contributed by atoms with Crippen LogP contribution in [0.5, 0.6) is 0 Å². The third kappa shape index (κ3) is 2.57. The number of nitriles is 1. The fourth-order valence-electron chi connectivity index (χ4n) is 0.367. The van der Waals surface area contributed by atoms with Crippen molar-refractivity contribution in [1.29, 1.82) is 5.26 Å². The van der Waals surface area contributed by atoms with Crippen LogP contribution in [-0.2, 0) is 0 Å². The van der Waals surface area contributed by atoms with Gasteiger partial charge < -0.3 is 0 Å². The molecule has 0 fully saturated rings. The van der Waals surface area contributed by atoms with Gasteiger partial charge in [0.05, 0.1) is 5.69 Å². The third-order valence-corrected chi connectivity index (χ3v) is 6.07. The molecule has 0 rings (SSSR count). The van der Waals surface area contributed by atoms with Gasteiger partial charge in [0, 0.05) is 0 Å². The van der Waals surface area contributed by atoms with Gasteiger partial charge in [-0.2, -0.15) is 0 Å². The minimum Gasteiger partial charge on any atom is -0.203 e. The van der Waals surface area contributed by atoms with Gasteiger partial charge in [-0.3, -0.25) is 0 Å². The highest BCUT2D eigenvalue weighted by molar-refractivity contribution is 7.49. The number of rotatable bonds is 2. The average Bonchev–Trinajstić information content (AvgIpc) is 1.86. The summed E-state index contributed by atoms with van der Waals surface area (Å²) < 4.78 is 0. The second-order valence-corrected chi connectivity index (χ2v) is 8.66. The summed E-state index contributed by atoms with van der Waals surface area (Å²) in [4.78, 5) is 0. The molecule has 0 N–H and O–H groups in total. The first-order valence-electron chi connectivity index (χ1n) is 2.83. The number of hydrogen-bond donors (Lipinski definition) is 0. The fourth-order valence-corrected chi connectivity index (χ4v) is 2.03. The minimum absolute atomic E-state index is 0.172. The van der Waals surface area contributed by atoms with Crippen LogP contribution in [0.4, 0.5) is 0 Å². The van der Waals surface area contributed by atoms with Crippen LogP contribution in [0.25, 0.3) is 0 Å². The molecule has 0 aliphatic carbocycles. The molecule has 0 aromatic rings. The van der Waals surface area contributed by atoms with Gasteiger partial charge in [0.2, 0.25) is 0 Å². The van der Waals surface area contributed by atoms with E-state index in [4.69, 9.17) is 27.4 Å². The molecule has 0 amide bonds. The predicted molar refractivity (Wildman–Crippen MR) is 42.8 cm³/mol. The summed E-state index contributed by atoms with van der Waals surface area (Å²) in [6.07, 6.45) is 0.882. The average molecular weight is 182 g/mol. The van der Waals surface area contributed by atoms with Crippen molar-refractivity contribution >= 4 is 28.9 Å². The number of nitrogens with zero attached hydrogens (tertiary/aromatic N) is 1. The van der Waals surface area contributed by atoms with Gasteiger partial charge in [0.15, 0.2) is 0 Å². The van der Waals surface area contributed by atoms with Gasteiger partial charge in [-0.05, 0) is 5.54 Å². The predicted octanol–water partition coefficient (Wildman–Crippen LogP) is 2.77. The van der Waals surface area contributed by atoms with E-state index in [0.29, 0.717) is 0 Å². The third-order valence-electron chi connectivity index (χ3n) is 1.38. The number of halogens is 2. The van der Waals surface area contributed by atoms with E-state index in [1.807, 2.05) is 19.5 Å². The zero-order chi connectivity index (χ0) is 7.49. The summed E-state index contributed by atoms with van der Waals surface area (Å²) in [5, 5.41) is 8.44. The molecule has 0 aliphatic heterocycles. The summed E-state index contributed by atoms with van der Waals surface area (Å²) in [5.74, 6) is 0. The summed E-state index contributed by atoms with van der Waals surface area (Å²) in [5.41, 5.74) is 2.13. The molecule has 9 heavy (non-hydrogen) atoms. The van der Waals surface area contributed by atoms with E-state index in [2.05, 4.69) is 0 Å². The quantitative estimate of drug-likeness (QED) is 0.475. The molecule has 4 heteroatoms. The lowest BCUT2D eigenvalue weighted by atomic mass is 10.4. The van der Waals surface area contributed by atoms with Crippen LogP contribution in [0, 0.1) is 11.0 Å². The first kappa shape index (κ1) is 9.29. The molecule has 0 aromatic carbocycles. The van der Waals surface area contributed by atoms with E-state index in [1.165, 1.54) is 0 Å². The van der Waals surface area contributed by atoms with E-state index in [-0.39, 0.29) is 5.54 Å². The summed E-state index contributed by atoms with van der Waals surface area (Å²) >= 11 is 11.4. The van der Waals surface area contributed by atoms with E-state index in [9.17, 15) is 0 Å². The summed E-state index contributed by atoms with van der Waals surface area (Å²) in [7, 11) is 0. The maximum atomic E-state index is 8.44. The van der Waals surface area contributed by atoms with Crippen molar-refractivity contribution in [2.75, 3.05) is 0 Å². The van der Waals surface area contributed by atoms with E-state index in [0.717, 1.165) is 6.42 Å². The molecule has 0 saturated heterocycles. The second kappa shape index (κ2) is 3.45. The highest BCUT2D eigenvalue weighted by Crippen LogP contribution is 2.30. The maximum absolute atomic E-state index is 8.44. The monoisotopic (exact) mass is 181 g/mol. The Morgan fingerprint density at radius 2 is 2.11 bits per heavy atom. The molecule has 0 heterocycles. The Kier molecular flexibility index (Phi) is 3.56. The van der Waals surface area contributed by atoms with Crippen molar-refractivity contribution in [3.05, 3.63) is 0 Å². The van der Waals surface area contributed by atoms with Gasteiger partial charge in [0.25, 0.3) is 0 Å². The van der Waals surface area contributed by atoms with Crippen LogP contribution in [0.3, 0.4) is 0 Å². The van der Waals surface area contributed by atoms with Gasteiger partial charge in [0.1, 0.15) is 0 Å². The van der Waals surface area contributed by atoms with Gasteiger partial charge in [-0.1, -0.05) is 20.3 Å². The van der Waals surface area contributed by atoms with Crippen molar-refractivity contribution < 1.29 is 0 Å². The Morgan fingerprint density at radius 3 is 2.22 bits per heavy atom. The van der Waals surface area contributed by atoms with Crippen LogP contribution in [0.2, 0.25) is 5.54 Å². The standard InChI is InChI=1S/C5H9Cl2NSi/c1-3-5(2)9(6,7)4-8/h5H,3H2,1-2H3. The first-order chi connectivity index (χ1) is 4.04. The highest BCUT2D eigenvalue weighted by atomic mass is 35.7. The molecule has 0 aliphatic rings. The largest absolute Gasteiger partial charge is 0.359 e. The van der Waals surface area contributed by atoms with Crippen LogP contribution in [0.1, 0.15) is 20.3 Å². The SMILES string of the molecule is CCC(C)[Si](Cl)(Cl)C#N. The molecule has 0 spiro atoms.